The van der Waals surface area contributed by atoms with E-state index in [9.17, 15) is 13.2 Å². The highest BCUT2D eigenvalue weighted by Gasteiger charge is 2.18. The Kier molecular flexibility index (Phi) is 11.4. The molecule has 6 nitrogen and oxygen atoms in total. The lowest BCUT2D eigenvalue weighted by Gasteiger charge is -2.12. The Balaban J connectivity index is 2.12. The van der Waals surface area contributed by atoms with Crippen LogP contribution in [0.25, 0.3) is 0 Å². The van der Waals surface area contributed by atoms with Gasteiger partial charge in [-0.25, -0.2) is 4.79 Å². The smallest absolute Gasteiger partial charge is 0.374 e. The third-order valence-corrected chi connectivity index (χ3v) is 5.11. The summed E-state index contributed by atoms with van der Waals surface area (Å²) in [6, 6.07) is 2.70. The Morgan fingerprint density at radius 3 is 2.15 bits per heavy atom. The van der Waals surface area contributed by atoms with Crippen LogP contribution in [0.15, 0.2) is 16.5 Å². The Bertz CT molecular complexity index is 635. The van der Waals surface area contributed by atoms with Crippen molar-refractivity contribution in [3.05, 3.63) is 23.7 Å². The predicted molar refractivity (Wildman–Crippen MR) is 105 cm³/mol. The molecule has 0 amide bonds. The van der Waals surface area contributed by atoms with Crippen molar-refractivity contribution in [2.75, 3.05) is 0 Å². The number of ether oxygens (including phenoxy) is 1. The van der Waals surface area contributed by atoms with Gasteiger partial charge in [-0.05, 0) is 31.9 Å². The van der Waals surface area contributed by atoms with Crippen LogP contribution in [0, 0.1) is 0 Å². The molecule has 0 saturated heterocycles. The Morgan fingerprint density at radius 1 is 1.04 bits per heavy atom. The van der Waals surface area contributed by atoms with Gasteiger partial charge in [0.2, 0.25) is 5.76 Å². The first-order valence-electron chi connectivity index (χ1n) is 10.1. The lowest BCUT2D eigenvalue weighted by Crippen LogP contribution is -2.14. The molecule has 7 heteroatoms. The van der Waals surface area contributed by atoms with Gasteiger partial charge in [-0.3, -0.25) is 4.55 Å². The van der Waals surface area contributed by atoms with Gasteiger partial charge in [0.1, 0.15) is 11.5 Å². The fourth-order valence-corrected chi connectivity index (χ4v) is 3.48. The van der Waals surface area contributed by atoms with E-state index in [2.05, 4.69) is 6.92 Å². The Hall–Kier alpha value is -1.34. The molecule has 1 atom stereocenters. The molecule has 1 aromatic rings. The van der Waals surface area contributed by atoms with E-state index in [0.29, 0.717) is 0 Å². The standard InChI is InChI=1S/C20H34O6S/c1-3-4-5-6-7-8-9-10-11-12-13-17(2)25-20(21)19-15-14-18(26-19)16-27(22,23)24/h14-15,17H,3-13,16H2,1-2H3,(H,22,23,24). The summed E-state index contributed by atoms with van der Waals surface area (Å²) in [6.45, 7) is 4.07. The molecule has 1 rings (SSSR count). The van der Waals surface area contributed by atoms with Crippen LogP contribution in [0.2, 0.25) is 0 Å². The summed E-state index contributed by atoms with van der Waals surface area (Å²) in [7, 11) is -4.19. The summed E-state index contributed by atoms with van der Waals surface area (Å²) < 4.78 is 40.8. The maximum atomic E-state index is 12.0. The second-order valence-corrected chi connectivity index (χ2v) is 8.63. The molecule has 1 aromatic heterocycles. The van der Waals surface area contributed by atoms with E-state index in [4.69, 9.17) is 13.7 Å². The van der Waals surface area contributed by atoms with Crippen molar-refractivity contribution in [2.45, 2.75) is 96.3 Å². The van der Waals surface area contributed by atoms with Gasteiger partial charge in [0.25, 0.3) is 10.1 Å². The molecule has 0 aliphatic heterocycles. The van der Waals surface area contributed by atoms with Gasteiger partial charge in [0.15, 0.2) is 0 Å². The molecule has 0 bridgehead atoms. The lowest BCUT2D eigenvalue weighted by molar-refractivity contribution is 0.0282. The lowest BCUT2D eigenvalue weighted by atomic mass is 10.0. The SMILES string of the molecule is CCCCCCCCCCCCC(C)OC(=O)c1ccc(CS(=O)(=O)O)o1. The minimum absolute atomic E-state index is 0.00629. The number of hydrogen-bond donors (Lipinski definition) is 1. The monoisotopic (exact) mass is 402 g/mol. The van der Waals surface area contributed by atoms with Gasteiger partial charge in [-0.2, -0.15) is 8.42 Å². The van der Waals surface area contributed by atoms with Crippen molar-refractivity contribution < 1.29 is 26.9 Å². The first-order valence-corrected chi connectivity index (χ1v) is 11.7. The minimum Gasteiger partial charge on any atom is -0.457 e. The highest BCUT2D eigenvalue weighted by Crippen LogP contribution is 2.16. The van der Waals surface area contributed by atoms with Crippen LogP contribution < -0.4 is 0 Å². The number of furan rings is 1. The van der Waals surface area contributed by atoms with E-state index in [1.165, 1.54) is 63.5 Å². The van der Waals surface area contributed by atoms with Crippen molar-refractivity contribution in [1.29, 1.82) is 0 Å². The summed E-state index contributed by atoms with van der Waals surface area (Å²) in [6.07, 6.45) is 13.2. The third-order valence-electron chi connectivity index (χ3n) is 4.46. The maximum absolute atomic E-state index is 12.0. The van der Waals surface area contributed by atoms with Crippen molar-refractivity contribution in [3.8, 4) is 0 Å². The van der Waals surface area contributed by atoms with Crippen LogP contribution in [-0.2, 0) is 20.6 Å². The second kappa shape index (κ2) is 12.9. The second-order valence-electron chi connectivity index (χ2n) is 7.18. The fourth-order valence-electron chi connectivity index (χ4n) is 2.96. The summed E-state index contributed by atoms with van der Waals surface area (Å²) in [4.78, 5) is 12.0. The normalized spacial score (nSPS) is 12.9. The number of carbonyl (C=O) groups excluding carboxylic acids is 1. The van der Waals surface area contributed by atoms with Gasteiger partial charge in [-0.15, -0.1) is 0 Å². The maximum Gasteiger partial charge on any atom is 0.374 e. The molecule has 1 unspecified atom stereocenters. The molecule has 0 aromatic carbocycles. The highest BCUT2D eigenvalue weighted by atomic mass is 32.2. The molecule has 156 valence electrons. The average Bonchev–Trinajstić information content (AvgIpc) is 3.03. The Labute approximate surface area is 163 Å². The molecule has 27 heavy (non-hydrogen) atoms. The van der Waals surface area contributed by atoms with Gasteiger partial charge in [-0.1, -0.05) is 64.7 Å². The largest absolute Gasteiger partial charge is 0.457 e. The molecule has 0 spiro atoms. The zero-order valence-corrected chi connectivity index (χ0v) is 17.4. The zero-order valence-electron chi connectivity index (χ0n) is 16.6. The zero-order chi connectivity index (χ0) is 20.1. The fraction of sp³-hybridized carbons (Fsp3) is 0.750. The molecule has 1 N–H and O–H groups in total. The summed E-state index contributed by atoms with van der Waals surface area (Å²) in [5.74, 6) is -1.32. The topological polar surface area (TPSA) is 93.8 Å². The number of carbonyl (C=O) groups is 1. The van der Waals surface area contributed by atoms with E-state index in [1.54, 1.807) is 0 Å². The predicted octanol–water partition coefficient (Wildman–Crippen LogP) is 5.52. The molecular formula is C20H34O6S. The number of hydrogen-bond acceptors (Lipinski definition) is 5. The first kappa shape index (κ1) is 23.7. The summed E-state index contributed by atoms with van der Waals surface area (Å²) in [5.41, 5.74) is 0. The van der Waals surface area contributed by atoms with Crippen molar-refractivity contribution >= 4 is 16.1 Å². The Morgan fingerprint density at radius 2 is 1.59 bits per heavy atom. The van der Waals surface area contributed by atoms with Crippen LogP contribution in [-0.4, -0.2) is 25.0 Å². The van der Waals surface area contributed by atoms with Gasteiger partial charge < -0.3 is 9.15 Å². The highest BCUT2D eigenvalue weighted by molar-refractivity contribution is 7.84. The van der Waals surface area contributed by atoms with Crippen LogP contribution in [0.3, 0.4) is 0 Å². The van der Waals surface area contributed by atoms with E-state index < -0.39 is 21.8 Å². The van der Waals surface area contributed by atoms with E-state index in [-0.39, 0.29) is 17.6 Å². The van der Waals surface area contributed by atoms with Crippen molar-refractivity contribution in [2.24, 2.45) is 0 Å². The van der Waals surface area contributed by atoms with Crippen molar-refractivity contribution in [3.63, 3.8) is 0 Å². The van der Waals surface area contributed by atoms with Crippen LogP contribution >= 0.6 is 0 Å². The van der Waals surface area contributed by atoms with E-state index >= 15 is 0 Å². The van der Waals surface area contributed by atoms with Gasteiger partial charge in [0.05, 0.1) is 6.10 Å². The summed E-state index contributed by atoms with van der Waals surface area (Å²) in [5, 5.41) is 0. The van der Waals surface area contributed by atoms with Crippen LogP contribution in [0.1, 0.15) is 101 Å². The van der Waals surface area contributed by atoms with Gasteiger partial charge in [0, 0.05) is 0 Å². The van der Waals surface area contributed by atoms with Crippen molar-refractivity contribution in [1.82, 2.24) is 0 Å². The molecule has 1 heterocycles. The molecule has 0 fully saturated rings. The summed E-state index contributed by atoms with van der Waals surface area (Å²) >= 11 is 0. The molecule has 0 aliphatic rings. The third kappa shape index (κ3) is 11.9. The first-order chi connectivity index (χ1) is 12.8. The van der Waals surface area contributed by atoms with Gasteiger partial charge >= 0.3 is 5.97 Å². The molecule has 0 saturated carbocycles. The molecule has 0 radical (unpaired) electrons. The molecule has 0 aliphatic carbocycles. The van der Waals surface area contributed by atoms with E-state index in [0.717, 1.165) is 19.3 Å². The number of rotatable bonds is 15. The number of esters is 1. The quantitative estimate of drug-likeness (QED) is 0.236. The van der Waals surface area contributed by atoms with Crippen LogP contribution in [0.4, 0.5) is 0 Å². The minimum atomic E-state index is -4.19. The van der Waals surface area contributed by atoms with Crippen LogP contribution in [0.5, 0.6) is 0 Å². The number of unbranched alkanes of at least 4 members (excludes halogenated alkanes) is 9. The average molecular weight is 403 g/mol. The molecular weight excluding hydrogens is 368 g/mol. The van der Waals surface area contributed by atoms with E-state index in [1.807, 2.05) is 6.92 Å².